The third-order valence-electron chi connectivity index (χ3n) is 0.710. The Labute approximate surface area is 65.4 Å². The highest BCUT2D eigenvalue weighted by molar-refractivity contribution is 14.1. The molecule has 0 aromatic heterocycles. The summed E-state index contributed by atoms with van der Waals surface area (Å²) < 4.78 is 1.89. The highest BCUT2D eigenvalue weighted by Gasteiger charge is 2.06. The number of carbonyl (C=O) groups is 1. The molecule has 0 fully saturated rings. The predicted octanol–water partition coefficient (Wildman–Crippen LogP) is 2.09. The van der Waals surface area contributed by atoms with Gasteiger partial charge in [-0.2, -0.15) is 0 Å². The number of carbonyl (C=O) groups excluding carboxylic acids is 1. The van der Waals surface area contributed by atoms with Crippen LogP contribution in [-0.2, 0) is 4.79 Å². The van der Waals surface area contributed by atoms with Crippen LogP contribution in [0.4, 0.5) is 0 Å². The fourth-order valence-corrected chi connectivity index (χ4v) is 1.53. The number of hydrogen-bond acceptors (Lipinski definition) is 2. The lowest BCUT2D eigenvalue weighted by molar-refractivity contribution is -0.106. The van der Waals surface area contributed by atoms with Gasteiger partial charge < -0.3 is 0 Å². The zero-order chi connectivity index (χ0) is 5.98. The van der Waals surface area contributed by atoms with Gasteiger partial charge in [0, 0.05) is 4.91 Å². The molecule has 1 aliphatic rings. The van der Waals surface area contributed by atoms with Crippen LogP contribution in [0.5, 0.6) is 0 Å². The summed E-state index contributed by atoms with van der Waals surface area (Å²) in [4.78, 5) is 11.5. The average molecular weight is 238 g/mol. The maximum absolute atomic E-state index is 10.4. The van der Waals surface area contributed by atoms with E-state index in [2.05, 4.69) is 22.6 Å². The van der Waals surface area contributed by atoms with Crippen molar-refractivity contribution in [2.45, 2.75) is 0 Å². The Bertz CT molecular complexity index is 171. The number of allylic oxidation sites excluding steroid dienone is 1. The zero-order valence-electron chi connectivity index (χ0n) is 3.93. The Balaban J connectivity index is 2.73. The van der Waals surface area contributed by atoms with Crippen molar-refractivity contribution in [1.29, 1.82) is 0 Å². The van der Waals surface area contributed by atoms with E-state index in [0.29, 0.717) is 0 Å². The monoisotopic (exact) mass is 238 g/mol. The van der Waals surface area contributed by atoms with E-state index < -0.39 is 0 Å². The second kappa shape index (κ2) is 2.68. The van der Waals surface area contributed by atoms with Gasteiger partial charge in [-0.15, -0.1) is 0 Å². The number of thioether (sulfide) groups is 1. The molecule has 0 saturated heterocycles. The molecule has 0 amide bonds. The number of halogens is 1. The Morgan fingerprint density at radius 2 is 2.38 bits per heavy atom. The molecule has 3 heteroatoms. The molecule has 0 atom stereocenters. The van der Waals surface area contributed by atoms with Gasteiger partial charge >= 0.3 is 0 Å². The van der Waals surface area contributed by atoms with E-state index in [4.69, 9.17) is 0 Å². The largest absolute Gasteiger partial charge is 0.282 e. The maximum Gasteiger partial charge on any atom is 0.216 e. The summed E-state index contributed by atoms with van der Waals surface area (Å²) in [7, 11) is 0. The first-order valence-corrected chi connectivity index (χ1v) is 4.09. The second-order valence-corrected chi connectivity index (χ2v) is 2.97. The second-order valence-electron chi connectivity index (χ2n) is 1.27. The normalized spacial score (nSPS) is 23.1. The zero-order valence-corrected chi connectivity index (χ0v) is 6.90. The summed E-state index contributed by atoms with van der Waals surface area (Å²) in [5.41, 5.74) is 0. The lowest BCUT2D eigenvalue weighted by Crippen LogP contribution is -1.72. The van der Waals surface area contributed by atoms with Crippen LogP contribution in [0, 0.1) is 0 Å². The Morgan fingerprint density at radius 1 is 1.62 bits per heavy atom. The van der Waals surface area contributed by atoms with Crippen molar-refractivity contribution in [3.05, 3.63) is 21.1 Å². The van der Waals surface area contributed by atoms with Crippen molar-refractivity contribution in [3.63, 3.8) is 0 Å². The molecule has 0 aromatic rings. The van der Waals surface area contributed by atoms with Gasteiger partial charge in [-0.3, -0.25) is 4.79 Å². The lowest BCUT2D eigenvalue weighted by Gasteiger charge is -1.81. The van der Waals surface area contributed by atoms with E-state index in [1.165, 1.54) is 11.8 Å². The minimum Gasteiger partial charge on any atom is -0.282 e. The van der Waals surface area contributed by atoms with Crippen LogP contribution in [0.25, 0.3) is 0 Å². The van der Waals surface area contributed by atoms with Crippen molar-refractivity contribution >= 4 is 39.5 Å². The molecule has 0 spiro atoms. The number of rotatable bonds is 0. The van der Waals surface area contributed by atoms with E-state index in [-0.39, 0.29) is 5.12 Å². The molecule has 0 aromatic carbocycles. The Morgan fingerprint density at radius 3 is 2.62 bits per heavy atom. The molecule has 0 aliphatic carbocycles. The standard InChI is InChI=1S/C5H3IOS/c6-3-4-1-2-5(7)8-4/h1-3H. The smallest absolute Gasteiger partial charge is 0.216 e. The van der Waals surface area contributed by atoms with Gasteiger partial charge in [0.2, 0.25) is 5.12 Å². The highest BCUT2D eigenvalue weighted by atomic mass is 127. The molecule has 1 rings (SSSR count). The van der Waals surface area contributed by atoms with Gasteiger partial charge in [0.1, 0.15) is 0 Å². The van der Waals surface area contributed by atoms with Crippen LogP contribution in [0.1, 0.15) is 0 Å². The first-order valence-electron chi connectivity index (χ1n) is 2.03. The highest BCUT2D eigenvalue weighted by Crippen LogP contribution is 2.25. The van der Waals surface area contributed by atoms with E-state index in [1.807, 2.05) is 10.2 Å². The predicted molar refractivity (Wildman–Crippen MR) is 43.8 cm³/mol. The summed E-state index contributed by atoms with van der Waals surface area (Å²) in [5, 5.41) is 0.132. The minimum atomic E-state index is 0.132. The molecule has 1 heterocycles. The molecule has 42 valence electrons. The van der Waals surface area contributed by atoms with Crippen LogP contribution in [-0.4, -0.2) is 5.12 Å². The average Bonchev–Trinajstić information content (AvgIpc) is 2.14. The summed E-state index contributed by atoms with van der Waals surface area (Å²) in [6, 6.07) is 0. The van der Waals surface area contributed by atoms with Gasteiger partial charge in [-0.05, 0) is 28.0 Å². The van der Waals surface area contributed by atoms with Gasteiger partial charge in [-0.1, -0.05) is 22.6 Å². The van der Waals surface area contributed by atoms with Gasteiger partial charge in [-0.25, -0.2) is 0 Å². The minimum absolute atomic E-state index is 0.132. The molecule has 1 aliphatic heterocycles. The molecule has 8 heavy (non-hydrogen) atoms. The summed E-state index contributed by atoms with van der Waals surface area (Å²) in [6.45, 7) is 0. The van der Waals surface area contributed by atoms with Crippen LogP contribution in [0.15, 0.2) is 21.1 Å². The van der Waals surface area contributed by atoms with Crippen molar-refractivity contribution in [2.75, 3.05) is 0 Å². The fraction of sp³-hybridized carbons (Fsp3) is 0. The summed E-state index contributed by atoms with van der Waals surface area (Å²) in [6.07, 6.45) is 3.40. The van der Waals surface area contributed by atoms with Crippen molar-refractivity contribution < 1.29 is 4.79 Å². The molecule has 0 unspecified atom stereocenters. The van der Waals surface area contributed by atoms with E-state index in [0.717, 1.165) is 4.91 Å². The molecule has 1 nitrogen and oxygen atoms in total. The molecule has 0 saturated carbocycles. The lowest BCUT2D eigenvalue weighted by atomic mass is 10.5. The van der Waals surface area contributed by atoms with Crippen LogP contribution >= 0.6 is 34.4 Å². The molecular weight excluding hydrogens is 235 g/mol. The summed E-state index contributed by atoms with van der Waals surface area (Å²) in [5.74, 6) is 0. The topological polar surface area (TPSA) is 17.1 Å². The maximum atomic E-state index is 10.4. The Hall–Kier alpha value is 0.230. The van der Waals surface area contributed by atoms with Crippen LogP contribution in [0.3, 0.4) is 0 Å². The summed E-state index contributed by atoms with van der Waals surface area (Å²) >= 11 is 3.38. The Kier molecular flexibility index (Phi) is 2.13. The third kappa shape index (κ3) is 1.35. The molecule has 0 radical (unpaired) electrons. The van der Waals surface area contributed by atoms with Crippen molar-refractivity contribution in [2.24, 2.45) is 0 Å². The molecular formula is C5H3IOS. The van der Waals surface area contributed by atoms with Crippen LogP contribution < -0.4 is 0 Å². The fourth-order valence-electron chi connectivity index (χ4n) is 0.393. The molecule has 0 bridgehead atoms. The van der Waals surface area contributed by atoms with Gasteiger partial charge in [0.25, 0.3) is 0 Å². The van der Waals surface area contributed by atoms with E-state index >= 15 is 0 Å². The first-order chi connectivity index (χ1) is 3.83. The first kappa shape index (κ1) is 6.35. The molecule has 0 N–H and O–H groups in total. The number of hydrogen-bond donors (Lipinski definition) is 0. The van der Waals surface area contributed by atoms with E-state index in [9.17, 15) is 4.79 Å². The van der Waals surface area contributed by atoms with Crippen molar-refractivity contribution in [3.8, 4) is 0 Å². The third-order valence-corrected chi connectivity index (χ3v) is 2.63. The van der Waals surface area contributed by atoms with E-state index in [1.54, 1.807) is 6.08 Å². The van der Waals surface area contributed by atoms with Gasteiger partial charge in [0.05, 0.1) is 0 Å². The SMILES string of the molecule is O=C1C=CC(=CI)S1. The van der Waals surface area contributed by atoms with Crippen LogP contribution in [0.2, 0.25) is 0 Å². The van der Waals surface area contributed by atoms with Gasteiger partial charge in [0.15, 0.2) is 0 Å². The quantitative estimate of drug-likeness (QED) is 0.601. The van der Waals surface area contributed by atoms with Crippen molar-refractivity contribution in [1.82, 2.24) is 0 Å².